The van der Waals surface area contributed by atoms with Crippen LogP contribution in [0, 0.1) is 5.92 Å². The van der Waals surface area contributed by atoms with Crippen LogP contribution in [-0.2, 0) is 9.53 Å². The van der Waals surface area contributed by atoms with E-state index >= 15 is 0 Å². The van der Waals surface area contributed by atoms with Crippen LogP contribution in [0.2, 0.25) is 0 Å². The van der Waals surface area contributed by atoms with E-state index in [0.29, 0.717) is 5.92 Å². The molecule has 29 heavy (non-hydrogen) atoms. The van der Waals surface area contributed by atoms with E-state index in [1.807, 2.05) is 57.7 Å². The number of nitrogens with one attached hydrogen (secondary N) is 1. The Morgan fingerprint density at radius 2 is 2.00 bits per heavy atom. The van der Waals surface area contributed by atoms with Crippen molar-refractivity contribution in [2.24, 2.45) is 11.1 Å². The molecule has 0 aromatic carbocycles. The topological polar surface area (TPSA) is 80.5 Å². The molecular weight excluding hydrogens is 384 g/mol. The molecule has 1 aliphatic rings. The van der Waals surface area contributed by atoms with Crippen LogP contribution >= 0.6 is 11.9 Å². The number of nitrogens with zero attached hydrogens (tertiary/aromatic N) is 2. The van der Waals surface area contributed by atoms with E-state index in [4.69, 9.17) is 9.88 Å². The molecule has 0 aliphatic carbocycles. The number of aromatic nitrogens is 1. The van der Waals surface area contributed by atoms with Gasteiger partial charge in [-0.05, 0) is 83.9 Å². The van der Waals surface area contributed by atoms with Gasteiger partial charge in [0.25, 0.3) is 0 Å². The van der Waals surface area contributed by atoms with Gasteiger partial charge in [-0.1, -0.05) is 19.9 Å². The first-order valence-corrected chi connectivity index (χ1v) is 11.3. The largest absolute Gasteiger partial charge is 0.379 e. The average Bonchev–Trinajstić information content (AvgIpc) is 3.00. The number of hydrogen-bond acceptors (Lipinski definition) is 6. The Morgan fingerprint density at radius 1 is 1.38 bits per heavy atom. The van der Waals surface area contributed by atoms with Crippen molar-refractivity contribution in [3.05, 3.63) is 18.2 Å². The average molecular weight is 427 g/mol. The van der Waals surface area contributed by atoms with Crippen molar-refractivity contribution in [3.8, 4) is 0 Å². The zero-order chi connectivity index (χ0) is 22.5. The van der Waals surface area contributed by atoms with Crippen LogP contribution in [0.25, 0.3) is 0 Å². The molecular formula is C22H42N4O2S. The Balaban J connectivity index is 0.000000841. The molecule has 1 aromatic rings. The van der Waals surface area contributed by atoms with Gasteiger partial charge in [-0.15, -0.1) is 0 Å². The zero-order valence-electron chi connectivity index (χ0n) is 19.6. The van der Waals surface area contributed by atoms with Gasteiger partial charge < -0.3 is 15.0 Å². The lowest BCUT2D eigenvalue weighted by Crippen LogP contribution is -2.36. The number of rotatable bonds is 7. The van der Waals surface area contributed by atoms with Crippen LogP contribution in [0.3, 0.4) is 0 Å². The van der Waals surface area contributed by atoms with Gasteiger partial charge in [-0.25, -0.2) is 4.98 Å². The van der Waals surface area contributed by atoms with E-state index in [2.05, 4.69) is 24.1 Å². The molecule has 0 bridgehead atoms. The highest BCUT2D eigenvalue weighted by Gasteiger charge is 2.36. The molecule has 1 saturated heterocycles. The molecule has 168 valence electrons. The number of likely N-dealkylation sites (tertiary alicyclic amines) is 1. The molecule has 0 spiro atoms. The molecule has 1 atom stereocenters. The van der Waals surface area contributed by atoms with E-state index in [1.165, 1.54) is 0 Å². The zero-order valence-corrected chi connectivity index (χ0v) is 20.4. The van der Waals surface area contributed by atoms with Crippen molar-refractivity contribution in [1.82, 2.24) is 9.88 Å². The number of ether oxygens (including phenoxy) is 1. The molecule has 1 fully saturated rings. The van der Waals surface area contributed by atoms with Crippen molar-refractivity contribution < 1.29 is 9.53 Å². The summed E-state index contributed by atoms with van der Waals surface area (Å²) >= 11 is 1.16. The first-order valence-electron chi connectivity index (χ1n) is 10.5. The minimum atomic E-state index is 0.00802. The fourth-order valence-electron chi connectivity index (χ4n) is 2.98. The van der Waals surface area contributed by atoms with Crippen LogP contribution in [0.1, 0.15) is 67.7 Å². The maximum absolute atomic E-state index is 11.0. The van der Waals surface area contributed by atoms with Crippen molar-refractivity contribution >= 4 is 24.2 Å². The van der Waals surface area contributed by atoms with Gasteiger partial charge in [0.2, 0.25) is 6.41 Å². The third kappa shape index (κ3) is 11.5. The van der Waals surface area contributed by atoms with E-state index < -0.39 is 0 Å². The summed E-state index contributed by atoms with van der Waals surface area (Å²) in [6.45, 7) is 16.1. The van der Waals surface area contributed by atoms with Crippen LogP contribution in [0.5, 0.6) is 0 Å². The number of amides is 1. The second-order valence-corrected chi connectivity index (χ2v) is 9.16. The molecule has 1 aliphatic heterocycles. The lowest BCUT2D eigenvalue weighted by atomic mass is 9.93. The number of pyridine rings is 1. The normalized spacial score (nSPS) is 17.6. The first-order chi connectivity index (χ1) is 13.6. The second-order valence-electron chi connectivity index (χ2n) is 8.50. The molecule has 2 heterocycles. The standard InChI is InChI=1S/C15H24N4OS.C5H12O.C2H6/c1-15(2)9-12(10-19(15)11-20)5-4-8-17-13-6-3-7-14(18-13)21-16;1-5(2,3)6-4;1-2/h3,6-7,11-12H,4-5,8-10,16H2,1-2H3,(H,17,18);1-4H3;1-2H3. The highest BCUT2D eigenvalue weighted by atomic mass is 32.2. The van der Waals surface area contributed by atoms with Crippen LogP contribution in [-0.4, -0.2) is 47.6 Å². The van der Waals surface area contributed by atoms with Gasteiger partial charge in [0.1, 0.15) is 10.8 Å². The summed E-state index contributed by atoms with van der Waals surface area (Å²) < 4.78 is 4.94. The molecule has 7 heteroatoms. The van der Waals surface area contributed by atoms with Gasteiger partial charge in [0, 0.05) is 25.7 Å². The number of carbonyl (C=O) groups excluding carboxylic acids is 1. The Bertz CT molecular complexity index is 576. The third-order valence-electron chi connectivity index (χ3n) is 4.70. The fraction of sp³-hybridized carbons (Fsp3) is 0.727. The van der Waals surface area contributed by atoms with Crippen LogP contribution in [0.4, 0.5) is 5.82 Å². The molecule has 1 aromatic heterocycles. The molecule has 3 N–H and O–H groups in total. The van der Waals surface area contributed by atoms with Crippen molar-refractivity contribution in [1.29, 1.82) is 0 Å². The Kier molecular flexibility index (Phi) is 13.2. The summed E-state index contributed by atoms with van der Waals surface area (Å²) in [7, 11) is 1.71. The van der Waals surface area contributed by atoms with Crippen LogP contribution in [0.15, 0.2) is 23.2 Å². The molecule has 6 nitrogen and oxygen atoms in total. The lowest BCUT2D eigenvalue weighted by molar-refractivity contribution is -0.120. The van der Waals surface area contributed by atoms with Crippen molar-refractivity contribution in [2.45, 2.75) is 83.9 Å². The van der Waals surface area contributed by atoms with E-state index in [9.17, 15) is 4.79 Å². The summed E-state index contributed by atoms with van der Waals surface area (Å²) in [6, 6.07) is 5.79. The maximum atomic E-state index is 11.0. The Hall–Kier alpha value is -1.31. The predicted molar refractivity (Wildman–Crippen MR) is 125 cm³/mol. The molecule has 0 radical (unpaired) electrons. The Morgan fingerprint density at radius 3 is 2.48 bits per heavy atom. The van der Waals surface area contributed by atoms with E-state index in [0.717, 1.165) is 61.6 Å². The van der Waals surface area contributed by atoms with Gasteiger partial charge in [-0.2, -0.15) is 0 Å². The summed E-state index contributed by atoms with van der Waals surface area (Å²) in [5, 5.41) is 9.65. The first kappa shape index (κ1) is 27.7. The van der Waals surface area contributed by atoms with Crippen LogP contribution < -0.4 is 10.5 Å². The molecule has 1 amide bonds. The van der Waals surface area contributed by atoms with Gasteiger partial charge >= 0.3 is 0 Å². The minimum absolute atomic E-state index is 0.00802. The summed E-state index contributed by atoms with van der Waals surface area (Å²) in [5.74, 6) is 1.47. The van der Waals surface area contributed by atoms with Crippen molar-refractivity contribution in [2.75, 3.05) is 25.5 Å². The number of hydrogen-bond donors (Lipinski definition) is 2. The molecule has 0 saturated carbocycles. The second kappa shape index (κ2) is 13.8. The quantitative estimate of drug-likeness (QED) is 0.365. The minimum Gasteiger partial charge on any atom is -0.379 e. The highest BCUT2D eigenvalue weighted by molar-refractivity contribution is 7.97. The maximum Gasteiger partial charge on any atom is 0.210 e. The van der Waals surface area contributed by atoms with E-state index in [-0.39, 0.29) is 11.1 Å². The smallest absolute Gasteiger partial charge is 0.210 e. The molecule has 1 unspecified atom stereocenters. The number of nitrogens with two attached hydrogens (primary N) is 1. The summed E-state index contributed by atoms with van der Waals surface area (Å²) in [5.41, 5.74) is 0.0497. The summed E-state index contributed by atoms with van der Waals surface area (Å²) in [6.07, 6.45) is 4.28. The Labute approximate surface area is 182 Å². The number of carbonyl (C=O) groups is 1. The lowest BCUT2D eigenvalue weighted by Gasteiger charge is -2.27. The third-order valence-corrected chi connectivity index (χ3v) is 5.17. The summed E-state index contributed by atoms with van der Waals surface area (Å²) in [4.78, 5) is 17.3. The number of anilines is 1. The monoisotopic (exact) mass is 426 g/mol. The SMILES string of the molecule is CC.CC1(C)CC(CCCNc2cccc(SN)n2)CN1C=O.COC(C)(C)C. The van der Waals surface area contributed by atoms with Gasteiger partial charge in [0.05, 0.1) is 5.60 Å². The van der Waals surface area contributed by atoms with Gasteiger partial charge in [0.15, 0.2) is 0 Å². The highest BCUT2D eigenvalue weighted by Crippen LogP contribution is 2.33. The molecule has 2 rings (SSSR count). The fourth-order valence-corrected chi connectivity index (χ4v) is 3.29. The van der Waals surface area contributed by atoms with E-state index in [1.54, 1.807) is 7.11 Å². The van der Waals surface area contributed by atoms with Crippen molar-refractivity contribution in [3.63, 3.8) is 0 Å². The predicted octanol–water partition coefficient (Wildman–Crippen LogP) is 4.95. The number of methoxy groups -OCH3 is 1. The van der Waals surface area contributed by atoms with Gasteiger partial charge in [-0.3, -0.25) is 9.93 Å².